The summed E-state index contributed by atoms with van der Waals surface area (Å²) >= 11 is 0. The molecule has 3 rings (SSSR count). The van der Waals surface area contributed by atoms with Crippen LogP contribution in [0.15, 0.2) is 36.5 Å². The van der Waals surface area contributed by atoms with Crippen molar-refractivity contribution in [3.8, 4) is 11.5 Å². The van der Waals surface area contributed by atoms with E-state index < -0.39 is 0 Å². The molecular formula is C24H34N4O4. The monoisotopic (exact) mass is 442 g/mol. The molecule has 0 unspecified atom stereocenters. The van der Waals surface area contributed by atoms with Crippen LogP contribution in [0.4, 0.5) is 10.5 Å². The molecule has 1 aromatic heterocycles. The molecule has 174 valence electrons. The van der Waals surface area contributed by atoms with Gasteiger partial charge in [0.1, 0.15) is 18.0 Å². The Morgan fingerprint density at radius 1 is 1.19 bits per heavy atom. The number of aromatic nitrogens is 1. The highest BCUT2D eigenvalue weighted by atomic mass is 16.5. The van der Waals surface area contributed by atoms with Crippen LogP contribution in [0.3, 0.4) is 0 Å². The molecule has 0 bridgehead atoms. The Labute approximate surface area is 190 Å². The van der Waals surface area contributed by atoms with Crippen molar-refractivity contribution in [2.24, 2.45) is 13.0 Å². The molecule has 1 aliphatic rings. The topological polar surface area (TPSA) is 76.0 Å². The highest BCUT2D eigenvalue weighted by molar-refractivity contribution is 5.94. The van der Waals surface area contributed by atoms with Gasteiger partial charge in [0, 0.05) is 37.6 Å². The first-order valence-electron chi connectivity index (χ1n) is 11.0. The van der Waals surface area contributed by atoms with Crippen LogP contribution in [0.5, 0.6) is 11.5 Å². The summed E-state index contributed by atoms with van der Waals surface area (Å²) in [6.45, 7) is 5.38. The van der Waals surface area contributed by atoms with E-state index in [4.69, 9.17) is 9.47 Å². The number of rotatable bonds is 10. The molecule has 0 spiro atoms. The third kappa shape index (κ3) is 5.96. The van der Waals surface area contributed by atoms with E-state index in [0.717, 1.165) is 18.5 Å². The zero-order valence-electron chi connectivity index (χ0n) is 19.6. The minimum atomic E-state index is -0.298. The quantitative estimate of drug-likeness (QED) is 0.608. The lowest BCUT2D eigenvalue weighted by atomic mass is 10.2. The first-order chi connectivity index (χ1) is 15.3. The van der Waals surface area contributed by atoms with E-state index in [1.165, 1.54) is 0 Å². The van der Waals surface area contributed by atoms with Gasteiger partial charge in [-0.1, -0.05) is 13.8 Å². The van der Waals surface area contributed by atoms with E-state index in [-0.39, 0.29) is 24.5 Å². The Morgan fingerprint density at radius 2 is 1.94 bits per heavy atom. The van der Waals surface area contributed by atoms with E-state index in [2.05, 4.69) is 19.2 Å². The minimum absolute atomic E-state index is 0.0477. The number of urea groups is 1. The third-order valence-electron chi connectivity index (χ3n) is 5.55. The molecule has 1 N–H and O–H groups in total. The lowest BCUT2D eigenvalue weighted by molar-refractivity contribution is -0.133. The fraction of sp³-hybridized carbons (Fsp3) is 0.500. The Hall–Kier alpha value is -3.16. The molecule has 8 nitrogen and oxygen atoms in total. The van der Waals surface area contributed by atoms with E-state index in [1.54, 1.807) is 37.3 Å². The molecule has 32 heavy (non-hydrogen) atoms. The number of hydrogen-bond acceptors (Lipinski definition) is 4. The van der Waals surface area contributed by atoms with Gasteiger partial charge in [-0.05, 0) is 43.0 Å². The average Bonchev–Trinajstić information content (AvgIpc) is 3.53. The number of benzene rings is 1. The molecule has 1 saturated carbocycles. The number of aryl methyl sites for hydroxylation is 1. The number of amides is 3. The number of nitrogens with one attached hydrogen (secondary N) is 1. The Morgan fingerprint density at radius 3 is 2.50 bits per heavy atom. The molecule has 3 amide bonds. The van der Waals surface area contributed by atoms with Crippen LogP contribution in [0.2, 0.25) is 0 Å². The van der Waals surface area contributed by atoms with Crippen molar-refractivity contribution in [3.63, 3.8) is 0 Å². The van der Waals surface area contributed by atoms with Gasteiger partial charge in [0.05, 0.1) is 26.5 Å². The SMILES string of the molecule is COc1ccc(NC(=O)N(CC(=O)N(Cc2cccn2C)CC(C)C)C2CC2)c(OC)c1. The van der Waals surface area contributed by atoms with Gasteiger partial charge in [-0.25, -0.2) is 4.79 Å². The van der Waals surface area contributed by atoms with Crippen molar-refractivity contribution in [3.05, 3.63) is 42.2 Å². The van der Waals surface area contributed by atoms with E-state index >= 15 is 0 Å². The van der Waals surface area contributed by atoms with Crippen LogP contribution in [0, 0.1) is 5.92 Å². The van der Waals surface area contributed by atoms with Crippen molar-refractivity contribution in [1.82, 2.24) is 14.4 Å². The molecule has 1 aromatic carbocycles. The number of methoxy groups -OCH3 is 2. The van der Waals surface area contributed by atoms with Gasteiger partial charge in [-0.2, -0.15) is 0 Å². The molecule has 1 aliphatic carbocycles. The van der Waals surface area contributed by atoms with E-state index in [1.807, 2.05) is 34.8 Å². The maximum absolute atomic E-state index is 13.3. The maximum Gasteiger partial charge on any atom is 0.322 e. The summed E-state index contributed by atoms with van der Waals surface area (Å²) in [5.41, 5.74) is 1.60. The molecular weight excluding hydrogens is 408 g/mol. The standard InChI is InChI=1S/C24H34N4O4/c1-17(2)14-27(15-19-7-6-12-26(19)3)23(29)16-28(18-8-9-18)24(30)25-21-11-10-20(31-4)13-22(21)32-5/h6-7,10-13,17-18H,8-9,14-16H2,1-5H3,(H,25,30). The number of ether oxygens (including phenoxy) is 2. The van der Waals surface area contributed by atoms with Crippen LogP contribution in [0.1, 0.15) is 32.4 Å². The lowest BCUT2D eigenvalue weighted by Gasteiger charge is -2.29. The molecule has 8 heteroatoms. The molecule has 1 fully saturated rings. The largest absolute Gasteiger partial charge is 0.497 e. The molecule has 0 radical (unpaired) electrons. The number of hydrogen-bond donors (Lipinski definition) is 1. The average molecular weight is 443 g/mol. The predicted octanol–water partition coefficient (Wildman–Crippen LogP) is 3.72. The Bertz CT molecular complexity index is 936. The van der Waals surface area contributed by atoms with E-state index in [0.29, 0.717) is 36.2 Å². The fourth-order valence-electron chi connectivity index (χ4n) is 3.64. The summed E-state index contributed by atoms with van der Waals surface area (Å²) in [4.78, 5) is 29.9. The van der Waals surface area contributed by atoms with Crippen LogP contribution >= 0.6 is 0 Å². The second kappa shape index (κ2) is 10.4. The van der Waals surface area contributed by atoms with Gasteiger partial charge in [0.25, 0.3) is 0 Å². The molecule has 0 saturated heterocycles. The van der Waals surface area contributed by atoms with Crippen molar-refractivity contribution in [2.75, 3.05) is 32.6 Å². The second-order valence-electron chi connectivity index (χ2n) is 8.63. The van der Waals surface area contributed by atoms with Crippen molar-refractivity contribution < 1.29 is 19.1 Å². The molecule has 0 aliphatic heterocycles. The van der Waals surface area contributed by atoms with Crippen LogP contribution in [0.25, 0.3) is 0 Å². The first-order valence-corrected chi connectivity index (χ1v) is 11.0. The molecule has 2 aromatic rings. The van der Waals surface area contributed by atoms with Crippen molar-refractivity contribution in [1.29, 1.82) is 0 Å². The maximum atomic E-state index is 13.3. The zero-order valence-corrected chi connectivity index (χ0v) is 19.6. The van der Waals surface area contributed by atoms with Crippen LogP contribution in [-0.2, 0) is 18.4 Å². The second-order valence-corrected chi connectivity index (χ2v) is 8.63. The summed E-state index contributed by atoms with van der Waals surface area (Å²) in [7, 11) is 5.09. The fourth-order valence-corrected chi connectivity index (χ4v) is 3.64. The van der Waals surface area contributed by atoms with E-state index in [9.17, 15) is 9.59 Å². The predicted molar refractivity (Wildman–Crippen MR) is 124 cm³/mol. The highest BCUT2D eigenvalue weighted by Gasteiger charge is 2.35. The number of carbonyl (C=O) groups excluding carboxylic acids is 2. The number of anilines is 1. The normalized spacial score (nSPS) is 13.1. The molecule has 1 heterocycles. The van der Waals surface area contributed by atoms with Crippen LogP contribution < -0.4 is 14.8 Å². The summed E-state index contributed by atoms with van der Waals surface area (Å²) in [6.07, 6.45) is 3.78. The first kappa shape index (κ1) is 23.5. The van der Waals surface area contributed by atoms with Gasteiger partial charge in [0.15, 0.2) is 0 Å². The molecule has 0 atom stereocenters. The summed E-state index contributed by atoms with van der Waals surface area (Å²) in [5.74, 6) is 1.42. The lowest BCUT2D eigenvalue weighted by Crippen LogP contribution is -2.46. The summed E-state index contributed by atoms with van der Waals surface area (Å²) in [5, 5.41) is 2.91. The Kier molecular flexibility index (Phi) is 7.66. The zero-order chi connectivity index (χ0) is 23.3. The van der Waals surface area contributed by atoms with Crippen molar-refractivity contribution >= 4 is 17.6 Å². The highest BCUT2D eigenvalue weighted by Crippen LogP contribution is 2.31. The Balaban J connectivity index is 1.72. The number of carbonyl (C=O) groups is 2. The van der Waals surface area contributed by atoms with Gasteiger partial charge >= 0.3 is 6.03 Å². The minimum Gasteiger partial charge on any atom is -0.497 e. The summed E-state index contributed by atoms with van der Waals surface area (Å²) in [6, 6.07) is 8.98. The van der Waals surface area contributed by atoms with Gasteiger partial charge in [-0.15, -0.1) is 0 Å². The van der Waals surface area contributed by atoms with Crippen molar-refractivity contribution in [2.45, 2.75) is 39.3 Å². The van der Waals surface area contributed by atoms with Gasteiger partial charge in [0.2, 0.25) is 5.91 Å². The summed E-state index contributed by atoms with van der Waals surface area (Å²) < 4.78 is 12.6. The van der Waals surface area contributed by atoms with Crippen LogP contribution in [-0.4, -0.2) is 59.7 Å². The number of nitrogens with zero attached hydrogens (tertiary/aromatic N) is 3. The van der Waals surface area contributed by atoms with Gasteiger partial charge < -0.3 is 29.2 Å². The smallest absolute Gasteiger partial charge is 0.322 e. The van der Waals surface area contributed by atoms with Gasteiger partial charge in [-0.3, -0.25) is 4.79 Å². The third-order valence-corrected chi connectivity index (χ3v) is 5.55.